The van der Waals surface area contributed by atoms with E-state index >= 15 is 0 Å². The van der Waals surface area contributed by atoms with E-state index < -0.39 is 11.7 Å². The van der Waals surface area contributed by atoms with Gasteiger partial charge in [0.05, 0.1) is 24.3 Å². The quantitative estimate of drug-likeness (QED) is 0.354. The molecule has 0 radical (unpaired) electrons. The number of nitrogens with one attached hydrogen (secondary N) is 1. The van der Waals surface area contributed by atoms with Crippen LogP contribution in [0.1, 0.15) is 35.1 Å². The molecule has 0 bridgehead atoms. The van der Waals surface area contributed by atoms with Gasteiger partial charge in [0.15, 0.2) is 0 Å². The molecule has 1 aliphatic rings. The van der Waals surface area contributed by atoms with Gasteiger partial charge in [-0.25, -0.2) is 4.39 Å². The van der Waals surface area contributed by atoms with Crippen LogP contribution in [0.15, 0.2) is 48.7 Å². The lowest BCUT2D eigenvalue weighted by Crippen LogP contribution is -2.41. The fourth-order valence-corrected chi connectivity index (χ4v) is 4.62. The smallest absolute Gasteiger partial charge is 0.381 e. The number of fused-ring (bicyclic) bond motifs is 1. The molecular formula is C26H28F4N2O. The summed E-state index contributed by atoms with van der Waals surface area (Å²) in [5.74, 6) is -0.258. The van der Waals surface area contributed by atoms with Crippen LogP contribution in [-0.2, 0) is 23.8 Å². The van der Waals surface area contributed by atoms with Crippen LogP contribution >= 0.6 is 0 Å². The Bertz CT molecular complexity index is 1090. The number of rotatable bonds is 7. The lowest BCUT2D eigenvalue weighted by Gasteiger charge is -2.37. The van der Waals surface area contributed by atoms with Gasteiger partial charge >= 0.3 is 6.18 Å². The largest absolute Gasteiger partial charge is 0.416 e. The maximum absolute atomic E-state index is 13.4. The Morgan fingerprint density at radius 2 is 1.79 bits per heavy atom. The Labute approximate surface area is 191 Å². The van der Waals surface area contributed by atoms with Gasteiger partial charge in [0.25, 0.3) is 0 Å². The zero-order valence-corrected chi connectivity index (χ0v) is 18.6. The van der Waals surface area contributed by atoms with Crippen molar-refractivity contribution in [2.24, 2.45) is 5.41 Å². The van der Waals surface area contributed by atoms with Gasteiger partial charge in [0, 0.05) is 17.0 Å². The molecule has 1 aliphatic heterocycles. The van der Waals surface area contributed by atoms with E-state index in [4.69, 9.17) is 4.74 Å². The highest BCUT2D eigenvalue weighted by Crippen LogP contribution is 2.35. The third-order valence-electron chi connectivity index (χ3n) is 6.41. The average Bonchev–Trinajstić information content (AvgIpc) is 2.78. The summed E-state index contributed by atoms with van der Waals surface area (Å²) in [6.07, 6.45) is 0.244. The predicted molar refractivity (Wildman–Crippen MR) is 121 cm³/mol. The lowest BCUT2D eigenvalue weighted by atomic mass is 9.75. The third kappa shape index (κ3) is 5.89. The number of piperidine rings is 1. The van der Waals surface area contributed by atoms with Crippen molar-refractivity contribution in [3.63, 3.8) is 0 Å². The van der Waals surface area contributed by atoms with Crippen LogP contribution in [0, 0.1) is 18.2 Å². The fourth-order valence-electron chi connectivity index (χ4n) is 4.62. The van der Waals surface area contributed by atoms with Gasteiger partial charge in [-0.2, -0.15) is 13.2 Å². The van der Waals surface area contributed by atoms with Crippen molar-refractivity contribution in [3.8, 4) is 0 Å². The number of nitrogens with zero attached hydrogens (tertiary/aromatic N) is 1. The molecule has 1 N–H and O–H groups in total. The van der Waals surface area contributed by atoms with Gasteiger partial charge in [-0.1, -0.05) is 12.1 Å². The molecule has 0 amide bonds. The highest BCUT2D eigenvalue weighted by atomic mass is 19.4. The minimum atomic E-state index is -4.41. The molecule has 33 heavy (non-hydrogen) atoms. The van der Waals surface area contributed by atoms with Crippen LogP contribution in [0.5, 0.6) is 0 Å². The molecule has 2 heterocycles. The van der Waals surface area contributed by atoms with Gasteiger partial charge in [-0.15, -0.1) is 0 Å². The van der Waals surface area contributed by atoms with Gasteiger partial charge in [-0.05, 0) is 92.7 Å². The molecule has 1 saturated heterocycles. The van der Waals surface area contributed by atoms with Crippen LogP contribution in [0.2, 0.25) is 0 Å². The summed E-state index contributed by atoms with van der Waals surface area (Å²) in [6.45, 7) is 4.40. The number of benzene rings is 2. The molecule has 0 atom stereocenters. The first kappa shape index (κ1) is 23.6. The second-order valence-electron chi connectivity index (χ2n) is 9.07. The maximum Gasteiger partial charge on any atom is 0.416 e. The number of ether oxygens (including phenoxy) is 1. The Kier molecular flexibility index (Phi) is 7.00. The summed E-state index contributed by atoms with van der Waals surface area (Å²) in [5, 5.41) is 3.86. The first-order valence-corrected chi connectivity index (χ1v) is 11.2. The molecule has 0 saturated carbocycles. The zero-order chi connectivity index (χ0) is 23.5. The molecule has 3 aromatic rings. The first-order valence-electron chi connectivity index (χ1n) is 11.2. The van der Waals surface area contributed by atoms with E-state index in [1.165, 1.54) is 18.2 Å². The van der Waals surface area contributed by atoms with Crippen molar-refractivity contribution >= 4 is 10.9 Å². The van der Waals surface area contributed by atoms with E-state index in [0.29, 0.717) is 36.1 Å². The standard InChI is InChI=1S/C26H28F4N2O/c1-18-12-21-14-22(26(28,29)30)13-20(24(21)32-16-18)6-11-33-17-25(7-9-31-10-8-25)15-19-2-4-23(27)5-3-19/h2-5,12-14,16,31H,6-11,15,17H2,1H3. The monoisotopic (exact) mass is 460 g/mol. The van der Waals surface area contributed by atoms with Crippen molar-refractivity contribution in [1.29, 1.82) is 0 Å². The Balaban J connectivity index is 1.47. The molecular weight excluding hydrogens is 432 g/mol. The number of hydrogen-bond donors (Lipinski definition) is 1. The molecule has 0 unspecified atom stereocenters. The van der Waals surface area contributed by atoms with Gasteiger partial charge in [0.1, 0.15) is 5.82 Å². The summed E-state index contributed by atoms with van der Waals surface area (Å²) >= 11 is 0. The molecule has 0 spiro atoms. The number of hydrogen-bond acceptors (Lipinski definition) is 3. The molecule has 4 rings (SSSR count). The summed E-state index contributed by atoms with van der Waals surface area (Å²) in [6, 6.07) is 10.6. The Hall–Kier alpha value is -2.51. The molecule has 3 nitrogen and oxygen atoms in total. The van der Waals surface area contributed by atoms with Crippen LogP contribution < -0.4 is 5.32 Å². The van der Waals surface area contributed by atoms with Crippen LogP contribution in [0.4, 0.5) is 17.6 Å². The highest BCUT2D eigenvalue weighted by molar-refractivity contribution is 5.83. The van der Waals surface area contributed by atoms with Crippen LogP contribution in [-0.4, -0.2) is 31.3 Å². The molecule has 1 aromatic heterocycles. The SMILES string of the molecule is Cc1cnc2c(CCOCC3(Cc4ccc(F)cc4)CCNCC3)cc(C(F)(F)F)cc2c1. The highest BCUT2D eigenvalue weighted by Gasteiger charge is 2.33. The second kappa shape index (κ2) is 9.77. The summed E-state index contributed by atoms with van der Waals surface area (Å²) in [4.78, 5) is 4.39. The van der Waals surface area contributed by atoms with E-state index in [-0.39, 0.29) is 11.2 Å². The van der Waals surface area contributed by atoms with Gasteiger partial charge in [-0.3, -0.25) is 4.98 Å². The Morgan fingerprint density at radius 3 is 2.48 bits per heavy atom. The van der Waals surface area contributed by atoms with Gasteiger partial charge < -0.3 is 10.1 Å². The second-order valence-corrected chi connectivity index (χ2v) is 9.07. The van der Waals surface area contributed by atoms with E-state index in [2.05, 4.69) is 10.3 Å². The molecule has 0 aliphatic carbocycles. The summed E-state index contributed by atoms with van der Waals surface area (Å²) in [5.41, 5.74) is 2.26. The van der Waals surface area contributed by atoms with Crippen molar-refractivity contribution in [3.05, 3.63) is 76.7 Å². The fraction of sp³-hybridized carbons (Fsp3) is 0.423. The number of halogens is 4. The Morgan fingerprint density at radius 1 is 1.06 bits per heavy atom. The molecule has 176 valence electrons. The normalized spacial score (nSPS) is 16.3. The minimum Gasteiger partial charge on any atom is -0.381 e. The third-order valence-corrected chi connectivity index (χ3v) is 6.41. The molecule has 7 heteroatoms. The van der Waals surface area contributed by atoms with Crippen molar-refractivity contribution in [2.45, 2.75) is 38.8 Å². The first-order chi connectivity index (χ1) is 15.7. The maximum atomic E-state index is 13.4. The van der Waals surface area contributed by atoms with Crippen LogP contribution in [0.3, 0.4) is 0 Å². The summed E-state index contributed by atoms with van der Waals surface area (Å²) < 4.78 is 59.6. The van der Waals surface area contributed by atoms with E-state index in [9.17, 15) is 17.6 Å². The molecule has 2 aromatic carbocycles. The number of pyridine rings is 1. The topological polar surface area (TPSA) is 34.1 Å². The number of aromatic nitrogens is 1. The van der Waals surface area contributed by atoms with Crippen molar-refractivity contribution in [2.75, 3.05) is 26.3 Å². The minimum absolute atomic E-state index is 0.0751. The van der Waals surface area contributed by atoms with Crippen molar-refractivity contribution < 1.29 is 22.3 Å². The zero-order valence-electron chi connectivity index (χ0n) is 18.6. The summed E-state index contributed by atoms with van der Waals surface area (Å²) in [7, 11) is 0. The number of aryl methyl sites for hydroxylation is 1. The average molecular weight is 461 g/mol. The lowest BCUT2D eigenvalue weighted by molar-refractivity contribution is -0.137. The predicted octanol–water partition coefficient (Wildman–Crippen LogP) is 5.87. The van der Waals surface area contributed by atoms with E-state index in [0.717, 1.165) is 49.5 Å². The number of alkyl halides is 3. The van der Waals surface area contributed by atoms with E-state index in [1.54, 1.807) is 12.3 Å². The molecule has 1 fully saturated rings. The van der Waals surface area contributed by atoms with Crippen molar-refractivity contribution in [1.82, 2.24) is 10.3 Å². The van der Waals surface area contributed by atoms with E-state index in [1.807, 2.05) is 19.1 Å². The van der Waals surface area contributed by atoms with Crippen LogP contribution in [0.25, 0.3) is 10.9 Å². The van der Waals surface area contributed by atoms with Gasteiger partial charge in [0.2, 0.25) is 0 Å².